The van der Waals surface area contributed by atoms with Gasteiger partial charge < -0.3 is 5.32 Å². The zero-order valence-corrected chi connectivity index (χ0v) is 14.1. The number of hydrogen-bond donors (Lipinski definition) is 1. The van der Waals surface area contributed by atoms with Crippen LogP contribution in [0.15, 0.2) is 60.7 Å². The molecule has 0 bridgehead atoms. The fourth-order valence-electron chi connectivity index (χ4n) is 3.30. The lowest BCUT2D eigenvalue weighted by Crippen LogP contribution is -2.37. The Hall–Kier alpha value is -2.09. The van der Waals surface area contributed by atoms with Crippen molar-refractivity contribution in [3.8, 4) is 0 Å². The monoisotopic (exact) mass is 307 g/mol. The van der Waals surface area contributed by atoms with Crippen LogP contribution in [0, 0.1) is 11.8 Å². The summed E-state index contributed by atoms with van der Waals surface area (Å²) in [6.07, 6.45) is 0. The van der Waals surface area contributed by atoms with Crippen molar-refractivity contribution in [3.05, 3.63) is 71.8 Å². The van der Waals surface area contributed by atoms with Crippen LogP contribution in [-0.4, -0.2) is 11.9 Å². The van der Waals surface area contributed by atoms with Crippen LogP contribution in [0.25, 0.3) is 0 Å². The van der Waals surface area contributed by atoms with E-state index in [2.05, 4.69) is 74.6 Å². The number of benzene rings is 2. The van der Waals surface area contributed by atoms with Crippen LogP contribution in [-0.2, 0) is 4.79 Å². The van der Waals surface area contributed by atoms with Crippen LogP contribution < -0.4 is 5.32 Å². The van der Waals surface area contributed by atoms with Gasteiger partial charge in [0.2, 0.25) is 5.91 Å². The minimum Gasteiger partial charge on any atom is -0.353 e. The fraction of sp³-hybridized carbons (Fsp3) is 0.381. The van der Waals surface area contributed by atoms with Gasteiger partial charge in [-0.05, 0) is 24.0 Å². The van der Waals surface area contributed by atoms with E-state index in [0.29, 0.717) is 5.92 Å². The Morgan fingerprint density at radius 2 is 1.26 bits per heavy atom. The minimum absolute atomic E-state index is 0.0426. The van der Waals surface area contributed by atoms with Crippen LogP contribution in [0.1, 0.15) is 43.7 Å². The fourth-order valence-corrected chi connectivity index (χ4v) is 3.30. The van der Waals surface area contributed by atoms with Gasteiger partial charge in [0.15, 0.2) is 0 Å². The zero-order valence-electron chi connectivity index (χ0n) is 14.1. The largest absolute Gasteiger partial charge is 0.353 e. The highest BCUT2D eigenvalue weighted by Gasteiger charge is 2.56. The topological polar surface area (TPSA) is 29.1 Å². The lowest BCUT2D eigenvalue weighted by Gasteiger charge is -2.17. The van der Waals surface area contributed by atoms with Crippen LogP contribution in [0.2, 0.25) is 0 Å². The van der Waals surface area contributed by atoms with Crippen LogP contribution in [0.4, 0.5) is 0 Å². The Balaban J connectivity index is 1.83. The summed E-state index contributed by atoms with van der Waals surface area (Å²) in [5, 5.41) is 3.20. The van der Waals surface area contributed by atoms with Gasteiger partial charge in [-0.15, -0.1) is 0 Å². The minimum atomic E-state index is 0.0426. The molecule has 0 saturated heterocycles. The second kappa shape index (κ2) is 6.57. The Kier molecular flexibility index (Phi) is 4.51. The van der Waals surface area contributed by atoms with E-state index in [0.717, 1.165) is 0 Å². The Morgan fingerprint density at radius 1 is 0.826 bits per heavy atom. The van der Waals surface area contributed by atoms with Gasteiger partial charge in [-0.2, -0.15) is 0 Å². The molecule has 2 heteroatoms. The molecule has 4 atom stereocenters. The van der Waals surface area contributed by atoms with Crippen molar-refractivity contribution in [1.82, 2.24) is 5.32 Å². The molecule has 23 heavy (non-hydrogen) atoms. The van der Waals surface area contributed by atoms with E-state index in [1.54, 1.807) is 0 Å². The number of hydrogen-bond acceptors (Lipinski definition) is 1. The lowest BCUT2D eigenvalue weighted by atomic mass is 10.0. The molecule has 2 aromatic rings. The van der Waals surface area contributed by atoms with E-state index in [1.165, 1.54) is 11.1 Å². The van der Waals surface area contributed by atoms with Crippen molar-refractivity contribution in [1.29, 1.82) is 0 Å². The second-order valence-corrected chi connectivity index (χ2v) is 6.94. The Morgan fingerprint density at radius 3 is 1.65 bits per heavy atom. The summed E-state index contributed by atoms with van der Waals surface area (Å²) in [7, 11) is 0. The van der Waals surface area contributed by atoms with Crippen molar-refractivity contribution in [3.63, 3.8) is 0 Å². The highest BCUT2D eigenvalue weighted by Crippen LogP contribution is 2.60. The molecule has 2 nitrogen and oxygen atoms in total. The molecule has 3 rings (SSSR count). The summed E-state index contributed by atoms with van der Waals surface area (Å²) in [6, 6.07) is 21.0. The molecule has 0 spiro atoms. The van der Waals surface area contributed by atoms with E-state index in [-0.39, 0.29) is 29.7 Å². The summed E-state index contributed by atoms with van der Waals surface area (Å²) in [5.41, 5.74) is 2.53. The molecular weight excluding hydrogens is 282 g/mol. The molecule has 1 fully saturated rings. The van der Waals surface area contributed by atoms with Gasteiger partial charge in [-0.25, -0.2) is 0 Å². The predicted octanol–water partition coefficient (Wildman–Crippen LogP) is 4.34. The maximum Gasteiger partial charge on any atom is 0.224 e. The first kappa shape index (κ1) is 15.8. The van der Waals surface area contributed by atoms with Crippen LogP contribution >= 0.6 is 0 Å². The molecule has 0 radical (unpaired) electrons. The number of rotatable bonds is 5. The highest BCUT2D eigenvalue weighted by atomic mass is 16.2. The highest BCUT2D eigenvalue weighted by molar-refractivity contribution is 5.85. The number of carbonyl (C=O) groups is 1. The Bertz CT molecular complexity index is 605. The van der Waals surface area contributed by atoms with Gasteiger partial charge in [0.1, 0.15) is 0 Å². The summed E-state index contributed by atoms with van der Waals surface area (Å²) in [5.74, 6) is 1.26. The molecule has 1 aliphatic carbocycles. The molecule has 0 heterocycles. The van der Waals surface area contributed by atoms with Gasteiger partial charge in [0, 0.05) is 17.9 Å². The molecular formula is C21H25NO. The summed E-state index contributed by atoms with van der Waals surface area (Å²) in [6.45, 7) is 6.36. The van der Waals surface area contributed by atoms with Crippen molar-refractivity contribution in [2.24, 2.45) is 11.8 Å². The van der Waals surface area contributed by atoms with E-state index in [1.807, 2.05) is 12.1 Å². The molecule has 1 amide bonds. The predicted molar refractivity (Wildman–Crippen MR) is 94.3 cm³/mol. The van der Waals surface area contributed by atoms with Gasteiger partial charge in [0.05, 0.1) is 5.92 Å². The van der Waals surface area contributed by atoms with E-state index in [4.69, 9.17) is 0 Å². The van der Waals surface area contributed by atoms with Crippen molar-refractivity contribution in [2.75, 3.05) is 0 Å². The van der Waals surface area contributed by atoms with E-state index < -0.39 is 0 Å². The number of nitrogens with one attached hydrogen (secondary N) is 1. The van der Waals surface area contributed by atoms with Gasteiger partial charge in [0.25, 0.3) is 0 Å². The van der Waals surface area contributed by atoms with Crippen LogP contribution in [0.3, 0.4) is 0 Å². The van der Waals surface area contributed by atoms with E-state index >= 15 is 0 Å². The standard InChI is InChI=1S/C21H25NO/c1-14(2)15(3)22-21(23)20-18(16-10-6-4-7-11-16)19(20)17-12-8-5-9-13-17/h4-15,18-20H,1-3H3,(H,22,23)/t15-,18-,19+,20?/m1/s1. The van der Waals surface area contributed by atoms with E-state index in [9.17, 15) is 4.79 Å². The lowest BCUT2D eigenvalue weighted by molar-refractivity contribution is -0.123. The van der Waals surface area contributed by atoms with Crippen molar-refractivity contribution < 1.29 is 4.79 Å². The Labute approximate surface area is 138 Å². The molecule has 1 saturated carbocycles. The molecule has 2 aromatic carbocycles. The maximum absolute atomic E-state index is 12.8. The third-order valence-electron chi connectivity index (χ3n) is 5.06. The third-order valence-corrected chi connectivity index (χ3v) is 5.06. The molecule has 1 aliphatic rings. The van der Waals surface area contributed by atoms with Crippen molar-refractivity contribution in [2.45, 2.75) is 38.6 Å². The number of amides is 1. The first-order chi connectivity index (χ1) is 11.1. The molecule has 0 aliphatic heterocycles. The zero-order chi connectivity index (χ0) is 16.4. The molecule has 1 unspecified atom stereocenters. The quantitative estimate of drug-likeness (QED) is 0.874. The smallest absolute Gasteiger partial charge is 0.224 e. The summed E-state index contributed by atoms with van der Waals surface area (Å²) in [4.78, 5) is 12.8. The van der Waals surface area contributed by atoms with Gasteiger partial charge in [-0.3, -0.25) is 4.79 Å². The van der Waals surface area contributed by atoms with Crippen molar-refractivity contribution >= 4 is 5.91 Å². The molecule has 0 aromatic heterocycles. The average molecular weight is 307 g/mol. The SMILES string of the molecule is CC(C)[C@@H](C)NC(=O)C1[C@@H](c2ccccc2)[C@H]1c1ccccc1. The normalized spacial score (nSPS) is 24.3. The number of carbonyl (C=O) groups excluding carboxylic acids is 1. The first-order valence-corrected chi connectivity index (χ1v) is 8.50. The summed E-state index contributed by atoms with van der Waals surface area (Å²) < 4.78 is 0. The average Bonchev–Trinajstić information content (AvgIpc) is 3.32. The van der Waals surface area contributed by atoms with Crippen LogP contribution in [0.5, 0.6) is 0 Å². The first-order valence-electron chi connectivity index (χ1n) is 8.50. The summed E-state index contributed by atoms with van der Waals surface area (Å²) >= 11 is 0. The maximum atomic E-state index is 12.8. The van der Waals surface area contributed by atoms with Gasteiger partial charge >= 0.3 is 0 Å². The molecule has 1 N–H and O–H groups in total. The second-order valence-electron chi connectivity index (χ2n) is 6.94. The third kappa shape index (κ3) is 3.31. The molecule has 120 valence electrons. The van der Waals surface area contributed by atoms with Gasteiger partial charge in [-0.1, -0.05) is 74.5 Å².